The second kappa shape index (κ2) is 7.43. The van der Waals surface area contributed by atoms with Gasteiger partial charge in [-0.1, -0.05) is 6.07 Å². The molecule has 32 heavy (non-hydrogen) atoms. The van der Waals surface area contributed by atoms with Crippen LogP contribution in [0.15, 0.2) is 30.5 Å². The van der Waals surface area contributed by atoms with Gasteiger partial charge in [0.2, 0.25) is 0 Å². The van der Waals surface area contributed by atoms with E-state index in [2.05, 4.69) is 26.3 Å². The van der Waals surface area contributed by atoms with Crippen LogP contribution in [-0.4, -0.2) is 52.3 Å². The highest BCUT2D eigenvalue weighted by molar-refractivity contribution is 5.92. The van der Waals surface area contributed by atoms with E-state index >= 15 is 0 Å². The van der Waals surface area contributed by atoms with Crippen molar-refractivity contribution in [2.45, 2.75) is 19.9 Å². The molecular weight excluding hydrogens is 408 g/mol. The average molecular weight is 430 g/mol. The number of benzene rings is 1. The summed E-state index contributed by atoms with van der Waals surface area (Å²) < 4.78 is 5.35. The molecule has 0 saturated carbocycles. The Kier molecular flexibility index (Phi) is 4.68. The van der Waals surface area contributed by atoms with Crippen LogP contribution >= 0.6 is 0 Å². The highest BCUT2D eigenvalue weighted by Crippen LogP contribution is 2.41. The third kappa shape index (κ3) is 3.29. The van der Waals surface area contributed by atoms with Gasteiger partial charge in [-0.05, 0) is 37.6 Å². The van der Waals surface area contributed by atoms with Gasteiger partial charge in [0, 0.05) is 24.8 Å². The molecule has 162 valence electrons. The Bertz CT molecular complexity index is 1270. The summed E-state index contributed by atoms with van der Waals surface area (Å²) in [6.45, 7) is 6.99. The molecule has 0 radical (unpaired) electrons. The molecule has 4 heterocycles. The summed E-state index contributed by atoms with van der Waals surface area (Å²) in [5.74, 6) is -0.510. The summed E-state index contributed by atoms with van der Waals surface area (Å²) in [6.07, 6.45) is 1.45. The van der Waals surface area contributed by atoms with Gasteiger partial charge in [0.1, 0.15) is 6.07 Å². The summed E-state index contributed by atoms with van der Waals surface area (Å²) in [7, 11) is 0. The van der Waals surface area contributed by atoms with Crippen LogP contribution in [0.5, 0.6) is 0 Å². The van der Waals surface area contributed by atoms with Crippen LogP contribution in [0.25, 0.3) is 11.0 Å². The van der Waals surface area contributed by atoms with Crippen molar-refractivity contribution in [2.24, 2.45) is 5.41 Å². The fraction of sp³-hybridized carbons (Fsp3) is 0.348. The van der Waals surface area contributed by atoms with Crippen molar-refractivity contribution < 1.29 is 14.6 Å². The molecule has 2 aliphatic heterocycles. The Morgan fingerprint density at radius 3 is 2.78 bits per heavy atom. The normalized spacial score (nSPS) is 17.3. The third-order valence-electron chi connectivity index (χ3n) is 6.05. The number of aryl methyl sites for hydroxylation is 1. The molecule has 2 aliphatic rings. The van der Waals surface area contributed by atoms with E-state index in [-0.39, 0.29) is 17.2 Å². The first kappa shape index (κ1) is 20.2. The lowest BCUT2D eigenvalue weighted by Gasteiger charge is -2.55. The summed E-state index contributed by atoms with van der Waals surface area (Å²) in [4.78, 5) is 27.1. The van der Waals surface area contributed by atoms with Crippen LogP contribution < -0.4 is 10.2 Å². The fourth-order valence-corrected chi connectivity index (χ4v) is 4.44. The van der Waals surface area contributed by atoms with Gasteiger partial charge < -0.3 is 20.1 Å². The Morgan fingerprint density at radius 2 is 2.12 bits per heavy atom. The zero-order chi connectivity index (χ0) is 22.5. The number of carboxylic acid groups (broad SMARTS) is 1. The molecule has 0 aliphatic carbocycles. The molecule has 1 spiro atoms. The molecule has 5 rings (SSSR count). The minimum Gasteiger partial charge on any atom is -0.476 e. The number of ether oxygens (including phenoxy) is 1. The molecule has 3 aromatic rings. The largest absolute Gasteiger partial charge is 0.476 e. The molecule has 2 N–H and O–H groups in total. The number of carboxylic acids is 1. The number of carbonyl (C=O) groups is 1. The average Bonchev–Trinajstić information content (AvgIpc) is 2.71. The molecule has 2 fully saturated rings. The van der Waals surface area contributed by atoms with Crippen LogP contribution in [0.1, 0.15) is 40.3 Å². The molecule has 9 heteroatoms. The number of nitriles is 1. The lowest BCUT2D eigenvalue weighted by atomic mass is 9.78. The van der Waals surface area contributed by atoms with E-state index in [1.165, 1.54) is 6.20 Å². The SMILES string of the molecule is Cc1cc([C@@H](C)Nc2cccnc2C(=O)O)c2nc(N3CC4(COC4)C3)c(C#N)nc2c1. The van der Waals surface area contributed by atoms with Crippen LogP contribution in [-0.2, 0) is 4.74 Å². The molecule has 1 aromatic carbocycles. The summed E-state index contributed by atoms with van der Waals surface area (Å²) >= 11 is 0. The van der Waals surface area contributed by atoms with Gasteiger partial charge in [-0.2, -0.15) is 5.26 Å². The smallest absolute Gasteiger partial charge is 0.356 e. The van der Waals surface area contributed by atoms with Crippen LogP contribution in [0, 0.1) is 23.7 Å². The van der Waals surface area contributed by atoms with Gasteiger partial charge in [0.05, 0.1) is 41.4 Å². The van der Waals surface area contributed by atoms with Gasteiger partial charge in [0.25, 0.3) is 0 Å². The molecular formula is C23H22N6O3. The van der Waals surface area contributed by atoms with E-state index in [1.54, 1.807) is 12.1 Å². The number of nitrogens with one attached hydrogen (secondary N) is 1. The Labute approximate surface area is 184 Å². The number of hydrogen-bond donors (Lipinski definition) is 2. The Balaban J connectivity index is 1.55. The molecule has 2 saturated heterocycles. The second-order valence-corrected chi connectivity index (χ2v) is 8.65. The van der Waals surface area contributed by atoms with Crippen molar-refractivity contribution in [3.05, 3.63) is 53.0 Å². The predicted molar refractivity (Wildman–Crippen MR) is 118 cm³/mol. The van der Waals surface area contributed by atoms with Crippen molar-refractivity contribution in [2.75, 3.05) is 36.5 Å². The zero-order valence-corrected chi connectivity index (χ0v) is 17.8. The Hall–Kier alpha value is -3.77. The minimum absolute atomic E-state index is 0.0385. The summed E-state index contributed by atoms with van der Waals surface area (Å²) in [6, 6.07) is 9.23. The highest BCUT2D eigenvalue weighted by atomic mass is 16.5. The molecule has 0 bridgehead atoms. The van der Waals surface area contributed by atoms with Crippen LogP contribution in [0.3, 0.4) is 0 Å². The summed E-state index contributed by atoms with van der Waals surface area (Å²) in [5, 5.41) is 22.4. The molecule has 9 nitrogen and oxygen atoms in total. The van der Waals surface area contributed by atoms with Crippen molar-refractivity contribution in [1.29, 1.82) is 5.26 Å². The van der Waals surface area contributed by atoms with E-state index in [9.17, 15) is 15.2 Å². The second-order valence-electron chi connectivity index (χ2n) is 8.65. The number of nitrogens with zero attached hydrogens (tertiary/aromatic N) is 5. The maximum absolute atomic E-state index is 11.5. The van der Waals surface area contributed by atoms with Crippen LogP contribution in [0.4, 0.5) is 11.5 Å². The first-order chi connectivity index (χ1) is 15.4. The first-order valence-electron chi connectivity index (χ1n) is 10.4. The number of aromatic carboxylic acids is 1. The van der Waals surface area contributed by atoms with E-state index in [0.717, 1.165) is 37.4 Å². The number of anilines is 2. The quantitative estimate of drug-likeness (QED) is 0.628. The standard InChI is InChI=1S/C23H22N6O3/c1-13-6-15(14(2)26-16-4-3-5-25-20(16)22(30)31)19-17(7-13)27-18(8-24)21(28-19)29-9-23(10-29)11-32-12-23/h3-7,14,26H,9-12H2,1-2H3,(H,30,31)/t14-/m1/s1. The van der Waals surface area contributed by atoms with E-state index < -0.39 is 5.97 Å². The maximum Gasteiger partial charge on any atom is 0.356 e. The van der Waals surface area contributed by atoms with Crippen molar-refractivity contribution >= 4 is 28.5 Å². The third-order valence-corrected chi connectivity index (χ3v) is 6.05. The predicted octanol–water partition coefficient (Wildman–Crippen LogP) is 2.91. The topological polar surface area (TPSA) is 124 Å². The first-order valence-corrected chi connectivity index (χ1v) is 10.4. The lowest BCUT2D eigenvalue weighted by molar-refractivity contribution is -0.127. The van der Waals surface area contributed by atoms with Crippen molar-refractivity contribution in [1.82, 2.24) is 15.0 Å². The minimum atomic E-state index is -1.10. The molecule has 2 aromatic heterocycles. The number of pyridine rings is 1. The van der Waals surface area contributed by atoms with Gasteiger partial charge >= 0.3 is 5.97 Å². The maximum atomic E-state index is 11.5. The van der Waals surface area contributed by atoms with Crippen LogP contribution in [0.2, 0.25) is 0 Å². The summed E-state index contributed by atoms with van der Waals surface area (Å²) in [5.41, 5.74) is 4.07. The molecule has 0 amide bonds. The van der Waals surface area contributed by atoms with Gasteiger partial charge in [-0.25, -0.2) is 19.7 Å². The number of aromatic nitrogens is 3. The van der Waals surface area contributed by atoms with Gasteiger partial charge in [-0.15, -0.1) is 0 Å². The van der Waals surface area contributed by atoms with E-state index in [4.69, 9.17) is 9.72 Å². The van der Waals surface area contributed by atoms with Crippen molar-refractivity contribution in [3.8, 4) is 6.07 Å². The van der Waals surface area contributed by atoms with Gasteiger partial charge in [0.15, 0.2) is 17.2 Å². The fourth-order valence-electron chi connectivity index (χ4n) is 4.44. The highest BCUT2D eigenvalue weighted by Gasteiger charge is 2.50. The number of hydrogen-bond acceptors (Lipinski definition) is 8. The Morgan fingerprint density at radius 1 is 1.34 bits per heavy atom. The lowest BCUT2D eigenvalue weighted by Crippen LogP contribution is -2.66. The van der Waals surface area contributed by atoms with Gasteiger partial charge in [-0.3, -0.25) is 0 Å². The van der Waals surface area contributed by atoms with Crippen molar-refractivity contribution in [3.63, 3.8) is 0 Å². The molecule has 0 unspecified atom stereocenters. The number of fused-ring (bicyclic) bond motifs is 1. The molecule has 1 atom stereocenters. The van der Waals surface area contributed by atoms with E-state index in [0.29, 0.717) is 28.2 Å². The number of rotatable bonds is 5. The zero-order valence-electron chi connectivity index (χ0n) is 17.8. The monoisotopic (exact) mass is 430 g/mol. The van der Waals surface area contributed by atoms with E-state index in [1.807, 2.05) is 26.0 Å².